The van der Waals surface area contributed by atoms with Gasteiger partial charge in [0.1, 0.15) is 0 Å². The van der Waals surface area contributed by atoms with Crippen LogP contribution in [-0.4, -0.2) is 41.4 Å². The standard InChI is InChI=1S/C11H17F3N2O/c1-10(17)3-2-5-16(6-4-10)8-9(7-15)11(12,13)14/h9,17H,2-6,8H2,1H3. The van der Waals surface area contributed by atoms with E-state index in [0.29, 0.717) is 32.4 Å². The first-order valence-corrected chi connectivity index (χ1v) is 5.66. The maximum Gasteiger partial charge on any atom is 0.405 e. The fraction of sp³-hybridized carbons (Fsp3) is 0.909. The Hall–Kier alpha value is -0.800. The first kappa shape index (κ1) is 14.3. The second kappa shape index (κ2) is 5.23. The second-order valence-electron chi connectivity index (χ2n) is 4.87. The lowest BCUT2D eigenvalue weighted by Gasteiger charge is -2.24. The van der Waals surface area contributed by atoms with Gasteiger partial charge in [-0.2, -0.15) is 18.4 Å². The van der Waals surface area contributed by atoms with E-state index in [-0.39, 0.29) is 6.54 Å². The zero-order valence-corrected chi connectivity index (χ0v) is 9.80. The highest BCUT2D eigenvalue weighted by molar-refractivity contribution is 4.91. The molecule has 1 fully saturated rings. The van der Waals surface area contributed by atoms with Gasteiger partial charge in [-0.3, -0.25) is 0 Å². The van der Waals surface area contributed by atoms with Crippen LogP contribution in [0.4, 0.5) is 13.2 Å². The predicted molar refractivity (Wildman–Crippen MR) is 56.1 cm³/mol. The zero-order valence-electron chi connectivity index (χ0n) is 9.80. The van der Waals surface area contributed by atoms with Crippen LogP contribution >= 0.6 is 0 Å². The summed E-state index contributed by atoms with van der Waals surface area (Å²) < 4.78 is 37.3. The van der Waals surface area contributed by atoms with Crippen molar-refractivity contribution in [2.24, 2.45) is 5.92 Å². The molecule has 1 N–H and O–H groups in total. The highest BCUT2D eigenvalue weighted by Crippen LogP contribution is 2.28. The van der Waals surface area contributed by atoms with Gasteiger partial charge in [0.05, 0.1) is 11.7 Å². The minimum absolute atomic E-state index is 0.296. The van der Waals surface area contributed by atoms with E-state index in [4.69, 9.17) is 5.26 Å². The topological polar surface area (TPSA) is 47.3 Å². The van der Waals surface area contributed by atoms with Crippen molar-refractivity contribution in [1.82, 2.24) is 4.90 Å². The van der Waals surface area contributed by atoms with Crippen molar-refractivity contribution in [1.29, 1.82) is 5.26 Å². The molecule has 0 aromatic carbocycles. The Kier molecular flexibility index (Phi) is 4.39. The highest BCUT2D eigenvalue weighted by Gasteiger charge is 2.41. The molecule has 2 unspecified atom stereocenters. The number of hydrogen-bond donors (Lipinski definition) is 1. The summed E-state index contributed by atoms with van der Waals surface area (Å²) in [5.74, 6) is -1.94. The summed E-state index contributed by atoms with van der Waals surface area (Å²) >= 11 is 0. The molecular weight excluding hydrogens is 233 g/mol. The highest BCUT2D eigenvalue weighted by atomic mass is 19.4. The molecule has 2 atom stereocenters. The van der Waals surface area contributed by atoms with Crippen molar-refractivity contribution in [3.05, 3.63) is 0 Å². The van der Waals surface area contributed by atoms with Gasteiger partial charge >= 0.3 is 6.18 Å². The Morgan fingerprint density at radius 1 is 1.41 bits per heavy atom. The van der Waals surface area contributed by atoms with Crippen LogP contribution < -0.4 is 0 Å². The number of hydrogen-bond acceptors (Lipinski definition) is 3. The molecule has 0 spiro atoms. The first-order chi connectivity index (χ1) is 7.74. The molecule has 98 valence electrons. The molecule has 17 heavy (non-hydrogen) atoms. The van der Waals surface area contributed by atoms with Crippen LogP contribution in [0, 0.1) is 17.2 Å². The molecule has 1 heterocycles. The van der Waals surface area contributed by atoms with Gasteiger partial charge in [0.2, 0.25) is 0 Å². The number of aliphatic hydroxyl groups is 1. The van der Waals surface area contributed by atoms with Crippen LogP contribution in [0.25, 0.3) is 0 Å². The van der Waals surface area contributed by atoms with Crippen molar-refractivity contribution in [3.63, 3.8) is 0 Å². The van der Waals surface area contributed by atoms with Gasteiger partial charge in [0.15, 0.2) is 5.92 Å². The van der Waals surface area contributed by atoms with Crippen molar-refractivity contribution < 1.29 is 18.3 Å². The molecule has 1 saturated heterocycles. The summed E-state index contributed by atoms with van der Waals surface area (Å²) in [5, 5.41) is 18.3. The number of alkyl halides is 3. The minimum atomic E-state index is -4.47. The summed E-state index contributed by atoms with van der Waals surface area (Å²) in [7, 11) is 0. The van der Waals surface area contributed by atoms with Gasteiger partial charge in [-0.25, -0.2) is 0 Å². The average Bonchev–Trinajstić information content (AvgIpc) is 2.34. The summed E-state index contributed by atoms with van der Waals surface area (Å²) in [5.41, 5.74) is -0.797. The van der Waals surface area contributed by atoms with Crippen molar-refractivity contribution in [2.45, 2.75) is 38.0 Å². The average molecular weight is 250 g/mol. The Balaban J connectivity index is 2.55. The van der Waals surface area contributed by atoms with Crippen LogP contribution in [0.3, 0.4) is 0 Å². The molecular formula is C11H17F3N2O. The predicted octanol–water partition coefficient (Wildman–Crippen LogP) is 1.93. The van der Waals surface area contributed by atoms with Gasteiger partial charge < -0.3 is 10.0 Å². The van der Waals surface area contributed by atoms with E-state index in [1.807, 2.05) is 0 Å². The van der Waals surface area contributed by atoms with Gasteiger partial charge in [-0.15, -0.1) is 0 Å². The molecule has 0 aromatic heterocycles. The van der Waals surface area contributed by atoms with E-state index in [0.717, 1.165) is 0 Å². The van der Waals surface area contributed by atoms with E-state index >= 15 is 0 Å². The maximum atomic E-state index is 12.4. The molecule has 3 nitrogen and oxygen atoms in total. The lowest BCUT2D eigenvalue weighted by atomic mass is 9.98. The van der Waals surface area contributed by atoms with Gasteiger partial charge in [-0.05, 0) is 32.7 Å². The van der Waals surface area contributed by atoms with E-state index in [2.05, 4.69) is 0 Å². The summed E-state index contributed by atoms with van der Waals surface area (Å²) in [4.78, 5) is 1.61. The molecule has 6 heteroatoms. The number of nitriles is 1. The van der Waals surface area contributed by atoms with Crippen molar-refractivity contribution >= 4 is 0 Å². The molecule has 1 aliphatic heterocycles. The second-order valence-corrected chi connectivity index (χ2v) is 4.87. The number of nitrogens with zero attached hydrogens (tertiary/aromatic N) is 2. The lowest BCUT2D eigenvalue weighted by Crippen LogP contribution is -2.37. The fourth-order valence-corrected chi connectivity index (χ4v) is 1.98. The smallest absolute Gasteiger partial charge is 0.390 e. The molecule has 1 rings (SSSR count). The van der Waals surface area contributed by atoms with Crippen LogP contribution in [0.2, 0.25) is 0 Å². The van der Waals surface area contributed by atoms with Crippen molar-refractivity contribution in [3.8, 4) is 6.07 Å². The Bertz CT molecular complexity index is 296. The summed E-state index contributed by atoms with van der Waals surface area (Å²) in [6.45, 7) is 2.31. The molecule has 0 saturated carbocycles. The van der Waals surface area contributed by atoms with Crippen LogP contribution in [0.5, 0.6) is 0 Å². The minimum Gasteiger partial charge on any atom is -0.390 e. The molecule has 0 aliphatic carbocycles. The molecule has 0 bridgehead atoms. The van der Waals surface area contributed by atoms with E-state index in [1.54, 1.807) is 11.8 Å². The van der Waals surface area contributed by atoms with E-state index in [9.17, 15) is 18.3 Å². The lowest BCUT2D eigenvalue weighted by molar-refractivity contribution is -0.163. The summed E-state index contributed by atoms with van der Waals surface area (Å²) in [6.07, 6.45) is -2.78. The molecule has 0 aromatic rings. The first-order valence-electron chi connectivity index (χ1n) is 5.66. The molecule has 1 aliphatic rings. The normalized spacial score (nSPS) is 29.4. The van der Waals surface area contributed by atoms with Gasteiger partial charge in [0, 0.05) is 13.1 Å². The van der Waals surface area contributed by atoms with E-state index in [1.165, 1.54) is 6.07 Å². The van der Waals surface area contributed by atoms with E-state index < -0.39 is 17.7 Å². The monoisotopic (exact) mass is 250 g/mol. The largest absolute Gasteiger partial charge is 0.405 e. The third-order valence-electron chi connectivity index (χ3n) is 3.15. The summed E-state index contributed by atoms with van der Waals surface area (Å²) in [6, 6.07) is 1.30. The number of likely N-dealkylation sites (tertiary alicyclic amines) is 1. The van der Waals surface area contributed by atoms with Gasteiger partial charge in [0.25, 0.3) is 0 Å². The molecule has 0 amide bonds. The Labute approximate surface area is 98.8 Å². The Morgan fingerprint density at radius 2 is 2.06 bits per heavy atom. The van der Waals surface area contributed by atoms with Crippen LogP contribution in [0.1, 0.15) is 26.2 Å². The van der Waals surface area contributed by atoms with Gasteiger partial charge in [-0.1, -0.05) is 0 Å². The molecule has 0 radical (unpaired) electrons. The SMILES string of the molecule is CC1(O)CCCN(CC(C#N)C(F)(F)F)CC1. The van der Waals surface area contributed by atoms with Crippen LogP contribution in [0.15, 0.2) is 0 Å². The quantitative estimate of drug-likeness (QED) is 0.814. The number of rotatable bonds is 2. The van der Waals surface area contributed by atoms with Crippen molar-refractivity contribution in [2.75, 3.05) is 19.6 Å². The maximum absolute atomic E-state index is 12.4. The van der Waals surface area contributed by atoms with Crippen LogP contribution in [-0.2, 0) is 0 Å². The zero-order chi connectivity index (χ0) is 13.1. The fourth-order valence-electron chi connectivity index (χ4n) is 1.98. The third kappa shape index (κ3) is 4.52. The number of halogens is 3. The Morgan fingerprint density at radius 3 is 2.59 bits per heavy atom. The third-order valence-corrected chi connectivity index (χ3v) is 3.15.